The second kappa shape index (κ2) is 3.62. The molecule has 0 amide bonds. The first-order chi connectivity index (χ1) is 6.72. The summed E-state index contributed by atoms with van der Waals surface area (Å²) in [5.41, 5.74) is 8.35. The summed E-state index contributed by atoms with van der Waals surface area (Å²) in [6.07, 6.45) is 0. The number of hydrogen-bond acceptors (Lipinski definition) is 2. The molecule has 1 aliphatic rings. The second-order valence-corrected chi connectivity index (χ2v) is 4.20. The van der Waals surface area contributed by atoms with Crippen molar-refractivity contribution in [3.63, 3.8) is 0 Å². The van der Waals surface area contributed by atoms with E-state index in [1.165, 1.54) is 11.1 Å². The summed E-state index contributed by atoms with van der Waals surface area (Å²) in [4.78, 5) is 0. The molecule has 2 N–H and O–H groups in total. The maximum absolute atomic E-state index is 5.69. The fourth-order valence-corrected chi connectivity index (χ4v) is 1.85. The van der Waals surface area contributed by atoms with Crippen LogP contribution in [0.4, 0.5) is 0 Å². The standard InChI is InChI=1S/C12H17NO/c1-8(2)9-3-4-12-11(5-9)10(6-13)7-14-12/h3-5,8,10H,6-7,13H2,1-2H3. The van der Waals surface area contributed by atoms with Crippen LogP contribution in [0.25, 0.3) is 0 Å². The van der Waals surface area contributed by atoms with Crippen LogP contribution in [0.5, 0.6) is 5.75 Å². The highest BCUT2D eigenvalue weighted by molar-refractivity contribution is 5.43. The second-order valence-electron chi connectivity index (χ2n) is 4.20. The molecule has 0 spiro atoms. The zero-order valence-corrected chi connectivity index (χ0v) is 8.79. The van der Waals surface area contributed by atoms with Gasteiger partial charge in [-0.3, -0.25) is 0 Å². The SMILES string of the molecule is CC(C)c1ccc2c(c1)C(CN)CO2. The lowest BCUT2D eigenvalue weighted by Crippen LogP contribution is -2.13. The van der Waals surface area contributed by atoms with E-state index in [9.17, 15) is 0 Å². The molecular formula is C12H17NO. The van der Waals surface area contributed by atoms with E-state index < -0.39 is 0 Å². The Morgan fingerprint density at radius 1 is 1.50 bits per heavy atom. The molecule has 1 unspecified atom stereocenters. The van der Waals surface area contributed by atoms with Crippen LogP contribution in [0.15, 0.2) is 18.2 Å². The van der Waals surface area contributed by atoms with Gasteiger partial charge in [0.2, 0.25) is 0 Å². The summed E-state index contributed by atoms with van der Waals surface area (Å²) in [5.74, 6) is 1.98. The van der Waals surface area contributed by atoms with Gasteiger partial charge in [0.1, 0.15) is 5.75 Å². The number of fused-ring (bicyclic) bond motifs is 1. The van der Waals surface area contributed by atoms with Gasteiger partial charge in [-0.15, -0.1) is 0 Å². The maximum atomic E-state index is 5.69. The first kappa shape index (κ1) is 9.53. The van der Waals surface area contributed by atoms with Crippen LogP contribution in [-0.2, 0) is 0 Å². The van der Waals surface area contributed by atoms with E-state index in [2.05, 4.69) is 32.0 Å². The summed E-state index contributed by atoms with van der Waals surface area (Å²) in [7, 11) is 0. The Morgan fingerprint density at radius 3 is 2.93 bits per heavy atom. The van der Waals surface area contributed by atoms with E-state index in [-0.39, 0.29) is 0 Å². The van der Waals surface area contributed by atoms with Gasteiger partial charge >= 0.3 is 0 Å². The number of hydrogen-bond donors (Lipinski definition) is 1. The molecule has 1 heterocycles. The molecule has 0 bridgehead atoms. The van der Waals surface area contributed by atoms with Gasteiger partial charge in [0.15, 0.2) is 0 Å². The normalized spacial score (nSPS) is 19.6. The Kier molecular flexibility index (Phi) is 2.46. The van der Waals surface area contributed by atoms with Crippen molar-refractivity contribution >= 4 is 0 Å². The maximum Gasteiger partial charge on any atom is 0.122 e. The van der Waals surface area contributed by atoms with Gasteiger partial charge in [0.25, 0.3) is 0 Å². The minimum Gasteiger partial charge on any atom is -0.493 e. The van der Waals surface area contributed by atoms with Gasteiger partial charge in [-0.25, -0.2) is 0 Å². The largest absolute Gasteiger partial charge is 0.493 e. The van der Waals surface area contributed by atoms with Crippen molar-refractivity contribution in [3.05, 3.63) is 29.3 Å². The fourth-order valence-electron chi connectivity index (χ4n) is 1.85. The van der Waals surface area contributed by atoms with E-state index in [1.54, 1.807) is 0 Å². The molecule has 0 aromatic heterocycles. The first-order valence-corrected chi connectivity index (χ1v) is 5.19. The van der Waals surface area contributed by atoms with Crippen LogP contribution in [0, 0.1) is 0 Å². The molecule has 2 nitrogen and oxygen atoms in total. The van der Waals surface area contributed by atoms with Crippen molar-refractivity contribution < 1.29 is 4.74 Å². The van der Waals surface area contributed by atoms with Gasteiger partial charge in [-0.2, -0.15) is 0 Å². The number of ether oxygens (including phenoxy) is 1. The van der Waals surface area contributed by atoms with Crippen molar-refractivity contribution in [2.24, 2.45) is 5.73 Å². The van der Waals surface area contributed by atoms with E-state index >= 15 is 0 Å². The third kappa shape index (κ3) is 1.50. The zero-order valence-electron chi connectivity index (χ0n) is 8.79. The topological polar surface area (TPSA) is 35.2 Å². The molecule has 1 aromatic carbocycles. The summed E-state index contributed by atoms with van der Waals surface area (Å²) in [6.45, 7) is 5.83. The minimum atomic E-state index is 0.392. The van der Waals surface area contributed by atoms with Gasteiger partial charge in [0, 0.05) is 18.0 Å². The Balaban J connectivity index is 2.37. The highest BCUT2D eigenvalue weighted by atomic mass is 16.5. The Labute approximate surface area is 85.1 Å². The Bertz CT molecular complexity index is 333. The molecule has 0 aliphatic carbocycles. The highest BCUT2D eigenvalue weighted by Gasteiger charge is 2.23. The summed E-state index contributed by atoms with van der Waals surface area (Å²) in [5, 5.41) is 0. The van der Waals surface area contributed by atoms with E-state index in [1.807, 2.05) is 0 Å². The molecule has 0 radical (unpaired) electrons. The van der Waals surface area contributed by atoms with Crippen molar-refractivity contribution in [3.8, 4) is 5.75 Å². The fraction of sp³-hybridized carbons (Fsp3) is 0.500. The molecule has 0 fully saturated rings. The van der Waals surface area contributed by atoms with Crippen LogP contribution in [-0.4, -0.2) is 13.2 Å². The minimum absolute atomic E-state index is 0.392. The first-order valence-electron chi connectivity index (χ1n) is 5.19. The molecule has 2 heteroatoms. The third-order valence-corrected chi connectivity index (χ3v) is 2.86. The van der Waals surface area contributed by atoms with Gasteiger partial charge in [-0.1, -0.05) is 26.0 Å². The molecule has 2 rings (SSSR count). The summed E-state index contributed by atoms with van der Waals surface area (Å²) >= 11 is 0. The molecule has 76 valence electrons. The zero-order chi connectivity index (χ0) is 10.1. The van der Waals surface area contributed by atoms with Gasteiger partial charge in [0.05, 0.1) is 6.61 Å². The highest BCUT2D eigenvalue weighted by Crippen LogP contribution is 2.35. The monoisotopic (exact) mass is 191 g/mol. The van der Waals surface area contributed by atoms with E-state index in [0.717, 1.165) is 12.4 Å². The molecule has 0 saturated heterocycles. The molecule has 14 heavy (non-hydrogen) atoms. The van der Waals surface area contributed by atoms with Crippen LogP contribution in [0.2, 0.25) is 0 Å². The number of rotatable bonds is 2. The lowest BCUT2D eigenvalue weighted by molar-refractivity contribution is 0.333. The molecule has 1 aliphatic heterocycles. The molecule has 0 saturated carbocycles. The van der Waals surface area contributed by atoms with Crippen LogP contribution in [0.3, 0.4) is 0 Å². The van der Waals surface area contributed by atoms with E-state index in [4.69, 9.17) is 10.5 Å². The van der Waals surface area contributed by atoms with Crippen molar-refractivity contribution in [1.82, 2.24) is 0 Å². The molecule has 1 atom stereocenters. The lowest BCUT2D eigenvalue weighted by atomic mass is 9.95. The molecular weight excluding hydrogens is 174 g/mol. The predicted molar refractivity (Wildman–Crippen MR) is 57.8 cm³/mol. The van der Waals surface area contributed by atoms with Crippen molar-refractivity contribution in [2.75, 3.05) is 13.2 Å². The Morgan fingerprint density at radius 2 is 2.29 bits per heavy atom. The van der Waals surface area contributed by atoms with Crippen molar-refractivity contribution in [2.45, 2.75) is 25.7 Å². The lowest BCUT2D eigenvalue weighted by Gasteiger charge is -2.09. The van der Waals surface area contributed by atoms with Crippen LogP contribution >= 0.6 is 0 Å². The molecule has 1 aromatic rings. The van der Waals surface area contributed by atoms with Crippen LogP contribution < -0.4 is 10.5 Å². The number of benzene rings is 1. The van der Waals surface area contributed by atoms with Crippen LogP contribution in [0.1, 0.15) is 36.8 Å². The Hall–Kier alpha value is -1.02. The third-order valence-electron chi connectivity index (χ3n) is 2.86. The predicted octanol–water partition coefficient (Wildman–Crippen LogP) is 2.24. The van der Waals surface area contributed by atoms with Crippen molar-refractivity contribution in [1.29, 1.82) is 0 Å². The smallest absolute Gasteiger partial charge is 0.122 e. The summed E-state index contributed by atoms with van der Waals surface area (Å²) in [6, 6.07) is 6.45. The number of nitrogens with two attached hydrogens (primary N) is 1. The van der Waals surface area contributed by atoms with E-state index in [0.29, 0.717) is 18.4 Å². The summed E-state index contributed by atoms with van der Waals surface area (Å²) < 4.78 is 5.56. The van der Waals surface area contributed by atoms with Gasteiger partial charge in [-0.05, 0) is 17.5 Å². The van der Waals surface area contributed by atoms with Gasteiger partial charge < -0.3 is 10.5 Å². The quantitative estimate of drug-likeness (QED) is 0.778. The average Bonchev–Trinajstić information content (AvgIpc) is 2.59. The average molecular weight is 191 g/mol.